The predicted molar refractivity (Wildman–Crippen MR) is 164 cm³/mol. The van der Waals surface area contributed by atoms with E-state index in [2.05, 4.69) is 85.9 Å². The molecule has 204 valence electrons. The van der Waals surface area contributed by atoms with Crippen LogP contribution in [-0.4, -0.2) is 41.5 Å². The van der Waals surface area contributed by atoms with E-state index in [0.717, 1.165) is 39.9 Å². The third-order valence-corrected chi connectivity index (χ3v) is 8.71. The highest BCUT2D eigenvalue weighted by Crippen LogP contribution is 2.33. The zero-order valence-electron chi connectivity index (χ0n) is 22.1. The topological polar surface area (TPSA) is 92.1 Å². The Hall–Kier alpha value is -3.99. The molecule has 0 aliphatic carbocycles. The van der Waals surface area contributed by atoms with Gasteiger partial charge in [-0.3, -0.25) is 4.98 Å². The molecule has 1 aliphatic heterocycles. The zero-order chi connectivity index (χ0) is 27.5. The standard InChI is InChI=1S/C30H30N6O2S2/c1-40(37,38)14-11-31-17-26-21-39-30(34-26)36-13-10-24-16-32-18-28(27(24)20-36)33-25-7-8-29-23(15-25)9-12-35(29)19-22-5-3-2-4-6-22/h2-10,12-13,15-16,18,21,31,33H,11,14,17,19-20H2,1H3. The largest absolute Gasteiger partial charge is 0.354 e. The minimum atomic E-state index is -2.98. The second-order valence-electron chi connectivity index (χ2n) is 9.95. The molecular formula is C30H30N6O2S2. The van der Waals surface area contributed by atoms with E-state index < -0.39 is 9.84 Å². The summed E-state index contributed by atoms with van der Waals surface area (Å²) in [5.41, 5.74) is 7.58. The first-order valence-corrected chi connectivity index (χ1v) is 16.0. The number of rotatable bonds is 10. The maximum absolute atomic E-state index is 11.3. The Labute approximate surface area is 237 Å². The molecule has 3 aromatic heterocycles. The van der Waals surface area contributed by atoms with E-state index in [4.69, 9.17) is 4.98 Å². The highest BCUT2D eigenvalue weighted by atomic mass is 32.2. The summed E-state index contributed by atoms with van der Waals surface area (Å²) in [4.78, 5) is 11.4. The molecule has 0 amide bonds. The molecule has 0 bridgehead atoms. The van der Waals surface area contributed by atoms with E-state index in [1.165, 1.54) is 22.7 Å². The summed E-state index contributed by atoms with van der Waals surface area (Å²) >= 11 is 1.58. The van der Waals surface area contributed by atoms with Crippen molar-refractivity contribution >= 4 is 54.7 Å². The molecule has 0 radical (unpaired) electrons. The first-order chi connectivity index (χ1) is 19.4. The molecule has 40 heavy (non-hydrogen) atoms. The lowest BCUT2D eigenvalue weighted by molar-refractivity contribution is 0.596. The summed E-state index contributed by atoms with van der Waals surface area (Å²) < 4.78 is 24.9. The number of nitrogens with zero attached hydrogens (tertiary/aromatic N) is 4. The number of benzene rings is 2. The van der Waals surface area contributed by atoms with Crippen LogP contribution in [0.5, 0.6) is 0 Å². The molecular weight excluding hydrogens is 541 g/mol. The van der Waals surface area contributed by atoms with Crippen molar-refractivity contribution in [3.05, 3.63) is 107 Å². The van der Waals surface area contributed by atoms with Crippen molar-refractivity contribution in [3.63, 3.8) is 0 Å². The van der Waals surface area contributed by atoms with Crippen LogP contribution in [0.4, 0.5) is 16.5 Å². The van der Waals surface area contributed by atoms with E-state index in [1.807, 2.05) is 30.0 Å². The molecule has 5 aromatic rings. The van der Waals surface area contributed by atoms with Crippen LogP contribution >= 0.6 is 11.3 Å². The average molecular weight is 571 g/mol. The smallest absolute Gasteiger partial charge is 0.189 e. The number of hydrogen-bond acceptors (Lipinski definition) is 8. The highest BCUT2D eigenvalue weighted by Gasteiger charge is 2.19. The van der Waals surface area contributed by atoms with Gasteiger partial charge in [-0.2, -0.15) is 0 Å². The lowest BCUT2D eigenvalue weighted by Gasteiger charge is -2.25. The average Bonchev–Trinajstić information content (AvgIpc) is 3.58. The minimum Gasteiger partial charge on any atom is -0.354 e. The number of thiazole rings is 1. The summed E-state index contributed by atoms with van der Waals surface area (Å²) in [5, 5.41) is 10.8. The number of aromatic nitrogens is 3. The molecule has 0 saturated heterocycles. The van der Waals surface area contributed by atoms with E-state index >= 15 is 0 Å². The van der Waals surface area contributed by atoms with Crippen molar-refractivity contribution in [2.75, 3.05) is 28.8 Å². The highest BCUT2D eigenvalue weighted by molar-refractivity contribution is 7.90. The van der Waals surface area contributed by atoms with Gasteiger partial charge in [-0.25, -0.2) is 13.4 Å². The van der Waals surface area contributed by atoms with Gasteiger partial charge < -0.3 is 20.1 Å². The van der Waals surface area contributed by atoms with Gasteiger partial charge in [0.05, 0.1) is 29.9 Å². The molecule has 0 saturated carbocycles. The Kier molecular flexibility index (Phi) is 7.38. The normalized spacial score (nSPS) is 13.1. The molecule has 0 fully saturated rings. The Morgan fingerprint density at radius 1 is 1.07 bits per heavy atom. The minimum absolute atomic E-state index is 0.117. The number of hydrogen-bond donors (Lipinski definition) is 2. The lowest BCUT2D eigenvalue weighted by atomic mass is 10.1. The Morgan fingerprint density at radius 3 is 2.80 bits per heavy atom. The van der Waals surface area contributed by atoms with Gasteiger partial charge in [0.25, 0.3) is 0 Å². The van der Waals surface area contributed by atoms with E-state index in [0.29, 0.717) is 19.6 Å². The summed E-state index contributed by atoms with van der Waals surface area (Å²) in [6.45, 7) is 2.45. The van der Waals surface area contributed by atoms with E-state index in [1.54, 1.807) is 11.3 Å². The van der Waals surface area contributed by atoms with Crippen LogP contribution in [-0.2, 0) is 29.5 Å². The molecule has 8 nitrogen and oxygen atoms in total. The van der Waals surface area contributed by atoms with Gasteiger partial charge in [-0.15, -0.1) is 11.3 Å². The molecule has 1 aliphatic rings. The van der Waals surface area contributed by atoms with Crippen LogP contribution in [0.2, 0.25) is 0 Å². The third kappa shape index (κ3) is 6.09. The maximum atomic E-state index is 11.3. The van der Waals surface area contributed by atoms with Crippen molar-refractivity contribution in [2.45, 2.75) is 19.6 Å². The molecule has 2 N–H and O–H groups in total. The second-order valence-corrected chi connectivity index (χ2v) is 13.1. The van der Waals surface area contributed by atoms with Crippen LogP contribution in [0.15, 0.2) is 84.8 Å². The van der Waals surface area contributed by atoms with Gasteiger partial charge in [0.2, 0.25) is 0 Å². The molecule has 10 heteroatoms. The molecule has 0 spiro atoms. The monoisotopic (exact) mass is 570 g/mol. The van der Waals surface area contributed by atoms with Gasteiger partial charge in [-0.1, -0.05) is 30.3 Å². The Morgan fingerprint density at radius 2 is 1.95 bits per heavy atom. The fraction of sp³-hybridized carbons (Fsp3) is 0.200. The van der Waals surface area contributed by atoms with Gasteiger partial charge in [0.1, 0.15) is 9.84 Å². The third-order valence-electron chi connectivity index (χ3n) is 6.84. The van der Waals surface area contributed by atoms with Crippen LogP contribution < -0.4 is 15.5 Å². The number of pyridine rings is 1. The number of nitrogens with one attached hydrogen (secondary N) is 2. The van der Waals surface area contributed by atoms with Crippen LogP contribution in [0.25, 0.3) is 17.0 Å². The number of sulfone groups is 1. The summed E-state index contributed by atoms with van der Waals surface area (Å²) in [5.74, 6) is 0.117. The van der Waals surface area contributed by atoms with Gasteiger partial charge in [-0.05, 0) is 35.9 Å². The number of fused-ring (bicyclic) bond motifs is 2. The summed E-state index contributed by atoms with van der Waals surface area (Å²) in [6, 6.07) is 19.1. The first kappa shape index (κ1) is 26.2. The van der Waals surface area contributed by atoms with Crippen molar-refractivity contribution < 1.29 is 8.42 Å². The Balaban J connectivity index is 1.15. The van der Waals surface area contributed by atoms with Crippen molar-refractivity contribution in [3.8, 4) is 0 Å². The quantitative estimate of drug-likeness (QED) is 0.217. The van der Waals surface area contributed by atoms with Crippen molar-refractivity contribution in [1.82, 2.24) is 19.9 Å². The first-order valence-electron chi connectivity index (χ1n) is 13.1. The molecule has 6 rings (SSSR count). The number of anilines is 3. The molecule has 2 aromatic carbocycles. The van der Waals surface area contributed by atoms with Gasteiger partial charge in [0, 0.05) is 77.6 Å². The van der Waals surface area contributed by atoms with Crippen molar-refractivity contribution in [2.24, 2.45) is 0 Å². The van der Waals surface area contributed by atoms with Crippen LogP contribution in [0.3, 0.4) is 0 Å². The SMILES string of the molecule is CS(=O)(=O)CCNCc1csc(N2C=Cc3cncc(Nc4ccc5c(ccn5Cc5ccccc5)c4)c3C2)n1. The van der Waals surface area contributed by atoms with Gasteiger partial charge >= 0.3 is 0 Å². The maximum Gasteiger partial charge on any atom is 0.189 e. The molecule has 0 unspecified atom stereocenters. The van der Waals surface area contributed by atoms with Crippen LogP contribution in [0.1, 0.15) is 22.4 Å². The summed E-state index contributed by atoms with van der Waals surface area (Å²) in [6.07, 6.45) is 11.3. The predicted octanol–water partition coefficient (Wildman–Crippen LogP) is 5.41. The van der Waals surface area contributed by atoms with Gasteiger partial charge in [0.15, 0.2) is 5.13 Å². The lowest BCUT2D eigenvalue weighted by Crippen LogP contribution is -2.22. The fourth-order valence-corrected chi connectivity index (χ4v) is 6.11. The second kappa shape index (κ2) is 11.2. The van der Waals surface area contributed by atoms with Crippen LogP contribution in [0, 0.1) is 0 Å². The van der Waals surface area contributed by atoms with Crippen molar-refractivity contribution in [1.29, 1.82) is 0 Å². The molecule has 0 atom stereocenters. The summed E-state index contributed by atoms with van der Waals surface area (Å²) in [7, 11) is -2.98. The zero-order valence-corrected chi connectivity index (χ0v) is 23.8. The fourth-order valence-electron chi connectivity index (χ4n) is 4.79. The van der Waals surface area contributed by atoms with E-state index in [9.17, 15) is 8.42 Å². The Bertz CT molecular complexity index is 1780. The van der Waals surface area contributed by atoms with E-state index in [-0.39, 0.29) is 5.75 Å². The molecule has 4 heterocycles.